The van der Waals surface area contributed by atoms with Gasteiger partial charge in [0.25, 0.3) is 0 Å². The molecule has 154 valence electrons. The molecule has 0 heterocycles. The first-order valence-corrected chi connectivity index (χ1v) is 11.1. The molecule has 0 aliphatic heterocycles. The number of carbonyl (C=O) groups excluding carboxylic acids is 3. The number of ether oxygens (including phenoxy) is 1. The number of allylic oxidation sites excluding steroid dienone is 1. The first kappa shape index (κ1) is 19.8. The van der Waals surface area contributed by atoms with E-state index in [1.807, 2.05) is 6.08 Å². The van der Waals surface area contributed by atoms with Crippen molar-refractivity contribution in [3.8, 4) is 0 Å². The predicted octanol–water partition coefficient (Wildman–Crippen LogP) is 4.51. The average Bonchev–Trinajstić information content (AvgIpc) is 2.99. The van der Waals surface area contributed by atoms with Crippen molar-refractivity contribution in [2.45, 2.75) is 72.6 Å². The van der Waals surface area contributed by atoms with Crippen LogP contribution >= 0.6 is 0 Å². The van der Waals surface area contributed by atoms with Gasteiger partial charge in [-0.2, -0.15) is 0 Å². The average molecular weight is 387 g/mol. The summed E-state index contributed by atoms with van der Waals surface area (Å²) in [7, 11) is 0. The van der Waals surface area contributed by atoms with Gasteiger partial charge in [0, 0.05) is 19.3 Å². The molecule has 0 radical (unpaired) electrons. The van der Waals surface area contributed by atoms with Crippen LogP contribution in [-0.4, -0.2) is 24.1 Å². The van der Waals surface area contributed by atoms with Crippen molar-refractivity contribution in [2.24, 2.45) is 40.4 Å². The Hall–Kier alpha value is -1.45. The highest BCUT2D eigenvalue weighted by atomic mass is 16.5. The molecular weight excluding hydrogens is 352 g/mol. The fourth-order valence-electron chi connectivity index (χ4n) is 7.79. The highest BCUT2D eigenvalue weighted by molar-refractivity contribution is 5.91. The van der Waals surface area contributed by atoms with Crippen LogP contribution in [0.5, 0.6) is 0 Å². The molecule has 4 nitrogen and oxygen atoms in total. The van der Waals surface area contributed by atoms with Gasteiger partial charge in [0.05, 0.1) is 0 Å². The Balaban J connectivity index is 1.59. The lowest BCUT2D eigenvalue weighted by molar-refractivity contribution is -0.149. The minimum absolute atomic E-state index is 0.0192. The first-order valence-electron chi connectivity index (χ1n) is 11.1. The second-order valence-electron chi connectivity index (χ2n) is 10.4. The maximum absolute atomic E-state index is 12.8. The van der Waals surface area contributed by atoms with Gasteiger partial charge < -0.3 is 4.74 Å². The van der Waals surface area contributed by atoms with Crippen molar-refractivity contribution in [3.63, 3.8) is 0 Å². The molecule has 0 N–H and O–H groups in total. The van der Waals surface area contributed by atoms with E-state index < -0.39 is 0 Å². The Morgan fingerprint density at radius 3 is 2.61 bits per heavy atom. The van der Waals surface area contributed by atoms with Crippen molar-refractivity contribution >= 4 is 17.5 Å². The number of fused-ring (bicyclic) bond motifs is 5. The standard InChI is InChI=1S/C24H34O4/c1-14-11-17-18-5-6-20(22(27)13-28-15(2)25)23(18,3)10-8-19(17)24(4)9-7-16(26)12-21(14)24/h12,14,17-20H,5-11,13H2,1-4H3/t14-,17-,18-,19-,20+,23-,24+/m0/s1. The molecule has 4 aliphatic rings. The van der Waals surface area contributed by atoms with Crippen LogP contribution in [0.3, 0.4) is 0 Å². The fourth-order valence-corrected chi connectivity index (χ4v) is 7.79. The van der Waals surface area contributed by atoms with Crippen molar-refractivity contribution in [1.29, 1.82) is 0 Å². The Morgan fingerprint density at radius 2 is 1.89 bits per heavy atom. The van der Waals surface area contributed by atoms with Crippen LogP contribution in [0.15, 0.2) is 11.6 Å². The summed E-state index contributed by atoms with van der Waals surface area (Å²) in [5, 5.41) is 0. The van der Waals surface area contributed by atoms with Gasteiger partial charge >= 0.3 is 5.97 Å². The third-order valence-electron chi connectivity index (χ3n) is 9.09. The van der Waals surface area contributed by atoms with Crippen LogP contribution in [0.2, 0.25) is 0 Å². The molecular formula is C24H34O4. The molecule has 4 rings (SSSR count). The van der Waals surface area contributed by atoms with E-state index in [2.05, 4.69) is 20.8 Å². The highest BCUT2D eigenvalue weighted by Gasteiger charge is 2.61. The Kier molecular flexibility index (Phi) is 4.83. The van der Waals surface area contributed by atoms with Gasteiger partial charge in [-0.1, -0.05) is 26.3 Å². The summed E-state index contributed by atoms with van der Waals surface area (Å²) < 4.78 is 5.03. The van der Waals surface area contributed by atoms with E-state index in [9.17, 15) is 14.4 Å². The maximum Gasteiger partial charge on any atom is 0.303 e. The summed E-state index contributed by atoms with van der Waals surface area (Å²) in [5.41, 5.74) is 1.58. The smallest absolute Gasteiger partial charge is 0.303 e. The molecule has 28 heavy (non-hydrogen) atoms. The summed E-state index contributed by atoms with van der Waals surface area (Å²) in [6.45, 7) is 8.31. The summed E-state index contributed by atoms with van der Waals surface area (Å²) in [4.78, 5) is 36.1. The van der Waals surface area contributed by atoms with Gasteiger partial charge in [-0.15, -0.1) is 0 Å². The second-order valence-corrected chi connectivity index (χ2v) is 10.4. The number of ketones is 2. The molecule has 4 aliphatic carbocycles. The SMILES string of the molecule is CC(=O)OCC(=O)[C@H]1CC[C@H]2[C@@H]3C[C@H](C)C4=CC(=O)CC[C@]4(C)[C@H]3CC[C@]12C. The molecule has 0 aromatic heterocycles. The monoisotopic (exact) mass is 386 g/mol. The van der Waals surface area contributed by atoms with Crippen molar-refractivity contribution in [1.82, 2.24) is 0 Å². The number of esters is 1. The third kappa shape index (κ3) is 2.90. The van der Waals surface area contributed by atoms with E-state index >= 15 is 0 Å². The quantitative estimate of drug-likeness (QED) is 0.670. The zero-order chi connectivity index (χ0) is 20.3. The van der Waals surface area contributed by atoms with Crippen LogP contribution in [-0.2, 0) is 19.1 Å². The fraction of sp³-hybridized carbons (Fsp3) is 0.792. The van der Waals surface area contributed by atoms with Crippen LogP contribution in [0.4, 0.5) is 0 Å². The number of hydrogen-bond acceptors (Lipinski definition) is 4. The van der Waals surface area contributed by atoms with E-state index in [0.717, 1.165) is 38.5 Å². The summed E-state index contributed by atoms with van der Waals surface area (Å²) >= 11 is 0. The predicted molar refractivity (Wildman–Crippen MR) is 106 cm³/mol. The van der Waals surface area contributed by atoms with Crippen molar-refractivity contribution in [2.75, 3.05) is 6.61 Å². The van der Waals surface area contributed by atoms with Gasteiger partial charge in [0.15, 0.2) is 11.6 Å². The molecule has 4 heteroatoms. The second kappa shape index (κ2) is 6.81. The van der Waals surface area contributed by atoms with Gasteiger partial charge in [-0.3, -0.25) is 14.4 Å². The number of Topliss-reactive ketones (excluding diaryl/α,β-unsaturated/α-hetero) is 1. The zero-order valence-corrected chi connectivity index (χ0v) is 17.8. The van der Waals surface area contributed by atoms with Gasteiger partial charge in [-0.25, -0.2) is 0 Å². The molecule has 0 aromatic carbocycles. The molecule has 3 saturated carbocycles. The van der Waals surface area contributed by atoms with Gasteiger partial charge in [0.2, 0.25) is 0 Å². The third-order valence-corrected chi connectivity index (χ3v) is 9.09. The van der Waals surface area contributed by atoms with Gasteiger partial charge in [0.1, 0.15) is 6.61 Å². The van der Waals surface area contributed by atoms with Crippen LogP contribution in [0.1, 0.15) is 72.6 Å². The van der Waals surface area contributed by atoms with Crippen molar-refractivity contribution in [3.05, 3.63) is 11.6 Å². The van der Waals surface area contributed by atoms with Crippen LogP contribution in [0, 0.1) is 40.4 Å². The maximum atomic E-state index is 12.8. The minimum atomic E-state index is -0.378. The normalized spacial score (nSPS) is 44.8. The lowest BCUT2D eigenvalue weighted by Gasteiger charge is -2.59. The van der Waals surface area contributed by atoms with E-state index in [1.165, 1.54) is 12.5 Å². The van der Waals surface area contributed by atoms with E-state index in [4.69, 9.17) is 4.74 Å². The highest BCUT2D eigenvalue weighted by Crippen LogP contribution is 2.67. The van der Waals surface area contributed by atoms with Gasteiger partial charge in [-0.05, 0) is 79.1 Å². The minimum Gasteiger partial charge on any atom is -0.458 e. The topological polar surface area (TPSA) is 60.4 Å². The Bertz CT molecular complexity index is 737. The van der Waals surface area contributed by atoms with Crippen LogP contribution < -0.4 is 0 Å². The molecule has 0 bridgehead atoms. The zero-order valence-electron chi connectivity index (χ0n) is 17.8. The summed E-state index contributed by atoms with van der Waals surface area (Å²) in [5.74, 6) is 2.33. The molecule has 0 saturated heterocycles. The molecule has 7 atom stereocenters. The van der Waals surface area contributed by atoms with E-state index in [0.29, 0.717) is 35.9 Å². The number of carbonyl (C=O) groups is 3. The van der Waals surface area contributed by atoms with Crippen LogP contribution in [0.25, 0.3) is 0 Å². The Labute approximate surface area is 168 Å². The molecule has 3 fully saturated rings. The molecule has 0 amide bonds. The number of rotatable bonds is 3. The lowest BCUT2D eigenvalue weighted by atomic mass is 9.45. The molecule has 0 spiro atoms. The first-order chi connectivity index (χ1) is 13.2. The largest absolute Gasteiger partial charge is 0.458 e. The van der Waals surface area contributed by atoms with E-state index in [-0.39, 0.29) is 35.1 Å². The molecule has 0 unspecified atom stereocenters. The Morgan fingerprint density at radius 1 is 1.14 bits per heavy atom. The summed E-state index contributed by atoms with van der Waals surface area (Å²) in [6, 6.07) is 0. The van der Waals surface area contributed by atoms with E-state index in [1.54, 1.807) is 0 Å². The number of hydrogen-bond donors (Lipinski definition) is 0. The lowest BCUT2D eigenvalue weighted by Crippen LogP contribution is -2.53. The molecule has 0 aromatic rings. The summed E-state index contributed by atoms with van der Waals surface area (Å²) in [6.07, 6.45) is 9.03. The van der Waals surface area contributed by atoms with Crippen molar-refractivity contribution < 1.29 is 19.1 Å².